The molecule has 0 radical (unpaired) electrons. The van der Waals surface area contributed by atoms with Crippen LogP contribution in [-0.2, 0) is 9.47 Å². The van der Waals surface area contributed by atoms with Crippen LogP contribution in [0.3, 0.4) is 0 Å². The van der Waals surface area contributed by atoms with Crippen LogP contribution in [0.25, 0.3) is 0 Å². The van der Waals surface area contributed by atoms with E-state index < -0.39 is 0 Å². The Labute approximate surface area is 131 Å². The molecule has 0 saturated heterocycles. The van der Waals surface area contributed by atoms with Gasteiger partial charge in [0.1, 0.15) is 0 Å². The first-order valence-corrected chi connectivity index (χ1v) is 8.90. The first kappa shape index (κ1) is 17.0. The Hall–Kier alpha value is -0.340. The van der Waals surface area contributed by atoms with Gasteiger partial charge in [-0.2, -0.15) is 0 Å². The lowest BCUT2D eigenvalue weighted by atomic mass is 9.54. The summed E-state index contributed by atoms with van der Waals surface area (Å²) in [7, 11) is 0. The predicted molar refractivity (Wildman–Crippen MR) is 88.2 cm³/mol. The van der Waals surface area contributed by atoms with Gasteiger partial charge in [-0.1, -0.05) is 39.8 Å². The summed E-state index contributed by atoms with van der Waals surface area (Å²) in [6.07, 6.45) is 6.23. The quantitative estimate of drug-likeness (QED) is 0.534. The van der Waals surface area contributed by atoms with Crippen LogP contribution in [-0.4, -0.2) is 26.4 Å². The largest absolute Gasteiger partial charge is 0.379 e. The molecule has 0 aromatic carbocycles. The average molecular weight is 294 g/mol. The summed E-state index contributed by atoms with van der Waals surface area (Å²) >= 11 is 0. The third-order valence-corrected chi connectivity index (χ3v) is 5.97. The van der Waals surface area contributed by atoms with Crippen molar-refractivity contribution in [1.82, 2.24) is 0 Å². The Morgan fingerprint density at radius 2 is 1.52 bits per heavy atom. The summed E-state index contributed by atoms with van der Waals surface area (Å²) in [5, 5.41) is 0. The Morgan fingerprint density at radius 3 is 2.19 bits per heavy atom. The number of hydrogen-bond donors (Lipinski definition) is 0. The summed E-state index contributed by atoms with van der Waals surface area (Å²) in [6.45, 7) is 14.9. The van der Waals surface area contributed by atoms with Crippen molar-refractivity contribution in [3.05, 3.63) is 12.2 Å². The summed E-state index contributed by atoms with van der Waals surface area (Å²) in [5.74, 6) is 5.44. The Bertz CT molecular complexity index is 338. The fraction of sp³-hybridized carbons (Fsp3) is 0.895. The van der Waals surface area contributed by atoms with Gasteiger partial charge < -0.3 is 9.47 Å². The fourth-order valence-corrected chi connectivity index (χ4v) is 4.92. The highest BCUT2D eigenvalue weighted by molar-refractivity contribution is 5.07. The molecule has 2 aliphatic carbocycles. The van der Waals surface area contributed by atoms with E-state index >= 15 is 0 Å². The zero-order chi connectivity index (χ0) is 15.4. The second-order valence-corrected chi connectivity index (χ2v) is 7.36. The molecule has 0 heterocycles. The molecular weight excluding hydrogens is 260 g/mol. The van der Waals surface area contributed by atoms with E-state index in [0.717, 1.165) is 61.9 Å². The molecule has 0 bridgehead atoms. The molecule has 122 valence electrons. The lowest BCUT2D eigenvalue weighted by molar-refractivity contribution is -0.0408. The van der Waals surface area contributed by atoms with Crippen molar-refractivity contribution in [3.63, 3.8) is 0 Å². The molecule has 0 aliphatic heterocycles. The van der Waals surface area contributed by atoms with E-state index in [0.29, 0.717) is 5.92 Å². The second-order valence-electron chi connectivity index (χ2n) is 7.36. The van der Waals surface area contributed by atoms with Gasteiger partial charge in [0, 0.05) is 13.2 Å². The summed E-state index contributed by atoms with van der Waals surface area (Å²) in [5.41, 5.74) is 0. The second kappa shape index (κ2) is 7.78. The molecule has 21 heavy (non-hydrogen) atoms. The lowest BCUT2D eigenvalue weighted by Crippen LogP contribution is -2.46. The van der Waals surface area contributed by atoms with Gasteiger partial charge in [-0.3, -0.25) is 0 Å². The molecule has 0 aromatic heterocycles. The van der Waals surface area contributed by atoms with Crippen molar-refractivity contribution in [2.45, 2.75) is 41.0 Å². The molecule has 7 unspecified atom stereocenters. The van der Waals surface area contributed by atoms with Crippen molar-refractivity contribution >= 4 is 0 Å². The van der Waals surface area contributed by atoms with Crippen molar-refractivity contribution in [1.29, 1.82) is 0 Å². The Kier molecular flexibility index (Phi) is 6.31. The molecule has 1 fully saturated rings. The van der Waals surface area contributed by atoms with E-state index in [1.54, 1.807) is 0 Å². The molecule has 0 N–H and O–H groups in total. The van der Waals surface area contributed by atoms with Crippen molar-refractivity contribution < 1.29 is 9.47 Å². The topological polar surface area (TPSA) is 18.5 Å². The van der Waals surface area contributed by atoms with E-state index in [1.807, 2.05) is 6.92 Å². The van der Waals surface area contributed by atoms with Gasteiger partial charge in [0.15, 0.2) is 0 Å². The zero-order valence-electron chi connectivity index (χ0n) is 14.5. The third-order valence-electron chi connectivity index (χ3n) is 5.97. The van der Waals surface area contributed by atoms with Gasteiger partial charge in [-0.05, 0) is 54.8 Å². The maximum atomic E-state index is 5.89. The maximum absolute atomic E-state index is 5.89. The van der Waals surface area contributed by atoms with Crippen LogP contribution in [0.15, 0.2) is 12.2 Å². The van der Waals surface area contributed by atoms with E-state index in [9.17, 15) is 0 Å². The summed E-state index contributed by atoms with van der Waals surface area (Å²) in [4.78, 5) is 0. The molecule has 0 amide bonds. The van der Waals surface area contributed by atoms with E-state index in [-0.39, 0.29) is 0 Å². The smallest absolute Gasteiger partial charge is 0.0700 e. The fourth-order valence-electron chi connectivity index (χ4n) is 4.92. The molecule has 1 saturated carbocycles. The van der Waals surface area contributed by atoms with Crippen LogP contribution in [0, 0.1) is 41.4 Å². The van der Waals surface area contributed by atoms with E-state index in [1.165, 1.54) is 6.42 Å². The first-order chi connectivity index (χ1) is 10.1. The Balaban J connectivity index is 1.92. The van der Waals surface area contributed by atoms with Crippen LogP contribution < -0.4 is 0 Å². The van der Waals surface area contributed by atoms with Gasteiger partial charge in [0.2, 0.25) is 0 Å². The summed E-state index contributed by atoms with van der Waals surface area (Å²) in [6, 6.07) is 0. The van der Waals surface area contributed by atoms with Crippen LogP contribution in [0.2, 0.25) is 0 Å². The summed E-state index contributed by atoms with van der Waals surface area (Å²) < 4.78 is 11.2. The minimum Gasteiger partial charge on any atom is -0.379 e. The highest BCUT2D eigenvalue weighted by Gasteiger charge is 2.45. The highest BCUT2D eigenvalue weighted by atomic mass is 16.5. The molecule has 2 rings (SSSR count). The highest BCUT2D eigenvalue weighted by Crippen LogP contribution is 2.51. The molecule has 2 heteroatoms. The average Bonchev–Trinajstić information content (AvgIpc) is 2.46. The number of rotatable bonds is 6. The molecule has 2 aliphatic rings. The number of fused-ring (bicyclic) bond motifs is 1. The minimum atomic E-state index is 0.712. The predicted octanol–water partition coefficient (Wildman–Crippen LogP) is 4.41. The molecule has 0 aromatic rings. The van der Waals surface area contributed by atoms with E-state index in [4.69, 9.17) is 9.47 Å². The number of allylic oxidation sites excluding steroid dienone is 2. The lowest BCUT2D eigenvalue weighted by Gasteiger charge is -2.51. The minimum absolute atomic E-state index is 0.712. The van der Waals surface area contributed by atoms with Gasteiger partial charge in [-0.25, -0.2) is 0 Å². The molecule has 0 spiro atoms. The maximum Gasteiger partial charge on any atom is 0.0700 e. The van der Waals surface area contributed by atoms with Crippen LogP contribution >= 0.6 is 0 Å². The zero-order valence-corrected chi connectivity index (χ0v) is 14.5. The normalized spacial score (nSPS) is 42.8. The monoisotopic (exact) mass is 294 g/mol. The standard InChI is InChI=1S/C19H34O2/c1-6-20-9-10-21-12-17-11-15(4)18-13(2)7-8-14(3)19(18)16(17)5/h7-8,13-19H,6,9-12H2,1-5H3. The van der Waals surface area contributed by atoms with Gasteiger partial charge >= 0.3 is 0 Å². The van der Waals surface area contributed by atoms with E-state index in [2.05, 4.69) is 39.8 Å². The van der Waals surface area contributed by atoms with Gasteiger partial charge in [-0.15, -0.1) is 0 Å². The van der Waals surface area contributed by atoms with Crippen LogP contribution in [0.1, 0.15) is 41.0 Å². The first-order valence-electron chi connectivity index (χ1n) is 8.90. The van der Waals surface area contributed by atoms with Crippen molar-refractivity contribution in [2.24, 2.45) is 41.4 Å². The van der Waals surface area contributed by atoms with Gasteiger partial charge in [0.25, 0.3) is 0 Å². The molecular formula is C19H34O2. The Morgan fingerprint density at radius 1 is 0.905 bits per heavy atom. The van der Waals surface area contributed by atoms with Crippen molar-refractivity contribution in [3.8, 4) is 0 Å². The van der Waals surface area contributed by atoms with Crippen LogP contribution in [0.5, 0.6) is 0 Å². The molecule has 2 nitrogen and oxygen atoms in total. The third kappa shape index (κ3) is 3.90. The van der Waals surface area contributed by atoms with Crippen LogP contribution in [0.4, 0.5) is 0 Å². The number of ether oxygens (including phenoxy) is 2. The molecule has 7 atom stereocenters. The SMILES string of the molecule is CCOCCOCC1CC(C)C2C(C)C=CC(C)C2C1C. The van der Waals surface area contributed by atoms with Crippen molar-refractivity contribution in [2.75, 3.05) is 26.4 Å². The van der Waals surface area contributed by atoms with Gasteiger partial charge in [0.05, 0.1) is 13.2 Å². The number of hydrogen-bond acceptors (Lipinski definition) is 2.